The van der Waals surface area contributed by atoms with Crippen molar-refractivity contribution in [3.63, 3.8) is 0 Å². The maximum atomic E-state index is 13.9. The predicted octanol–water partition coefficient (Wildman–Crippen LogP) is 2.95. The fourth-order valence-electron chi connectivity index (χ4n) is 4.09. The average Bonchev–Trinajstić information content (AvgIpc) is 3.41. The van der Waals surface area contributed by atoms with Gasteiger partial charge in [0.15, 0.2) is 5.69 Å². The molecule has 8 nitrogen and oxygen atoms in total. The van der Waals surface area contributed by atoms with E-state index in [9.17, 15) is 9.18 Å². The Kier molecular flexibility index (Phi) is 4.94. The monoisotopic (exact) mass is 411 g/mol. The van der Waals surface area contributed by atoms with Crippen LogP contribution < -0.4 is 4.74 Å². The quantitative estimate of drug-likeness (QED) is 0.656. The average molecular weight is 411 g/mol. The van der Waals surface area contributed by atoms with Crippen LogP contribution in [0.1, 0.15) is 35.6 Å². The third-order valence-corrected chi connectivity index (χ3v) is 5.58. The van der Waals surface area contributed by atoms with Crippen molar-refractivity contribution in [1.82, 2.24) is 24.8 Å². The van der Waals surface area contributed by atoms with E-state index in [2.05, 4.69) is 15.2 Å². The molecule has 1 atom stereocenters. The molecule has 156 valence electrons. The number of nitrogens with zero attached hydrogens (tertiary/aromatic N) is 5. The number of piperidine rings is 1. The molecule has 1 saturated heterocycles. The maximum Gasteiger partial charge on any atom is 0.274 e. The summed E-state index contributed by atoms with van der Waals surface area (Å²) >= 11 is 0. The van der Waals surface area contributed by atoms with Gasteiger partial charge in [-0.1, -0.05) is 17.3 Å². The van der Waals surface area contributed by atoms with Crippen molar-refractivity contribution >= 4 is 5.91 Å². The number of halogens is 1. The molecule has 0 saturated carbocycles. The van der Waals surface area contributed by atoms with Crippen LogP contribution in [0.4, 0.5) is 4.39 Å². The summed E-state index contributed by atoms with van der Waals surface area (Å²) in [6.45, 7) is 2.72. The molecule has 0 radical (unpaired) electrons. The number of rotatable bonds is 4. The van der Waals surface area contributed by atoms with E-state index in [1.165, 1.54) is 6.07 Å². The first-order valence-corrected chi connectivity index (χ1v) is 10.2. The van der Waals surface area contributed by atoms with Gasteiger partial charge in [0.2, 0.25) is 17.6 Å². The second kappa shape index (κ2) is 7.89. The summed E-state index contributed by atoms with van der Waals surface area (Å²) in [5.74, 6) is 1.09. The van der Waals surface area contributed by atoms with Gasteiger partial charge < -0.3 is 14.2 Å². The summed E-state index contributed by atoms with van der Waals surface area (Å²) in [6, 6.07) is 8.08. The fourth-order valence-corrected chi connectivity index (χ4v) is 4.09. The number of hydrogen-bond acceptors (Lipinski definition) is 6. The van der Waals surface area contributed by atoms with E-state index in [0.717, 1.165) is 25.8 Å². The lowest BCUT2D eigenvalue weighted by Crippen LogP contribution is -2.40. The lowest BCUT2D eigenvalue weighted by molar-refractivity contribution is 0.0661. The molecule has 2 aliphatic rings. The molecule has 1 fully saturated rings. The third kappa shape index (κ3) is 3.67. The number of benzene rings is 1. The first kappa shape index (κ1) is 18.8. The highest BCUT2D eigenvalue weighted by Gasteiger charge is 2.28. The second-order valence-electron chi connectivity index (χ2n) is 7.75. The summed E-state index contributed by atoms with van der Waals surface area (Å²) in [6.07, 6.45) is 3.31. The summed E-state index contributed by atoms with van der Waals surface area (Å²) < 4.78 is 26.6. The summed E-state index contributed by atoms with van der Waals surface area (Å²) in [5, 5.41) is 8.32. The van der Waals surface area contributed by atoms with Gasteiger partial charge >= 0.3 is 0 Å². The molecular formula is C21H22FN5O3. The first-order valence-electron chi connectivity index (χ1n) is 10.2. The Morgan fingerprint density at radius 1 is 1.23 bits per heavy atom. The zero-order valence-corrected chi connectivity index (χ0v) is 16.5. The van der Waals surface area contributed by atoms with Crippen LogP contribution in [0.25, 0.3) is 11.4 Å². The minimum Gasteiger partial charge on any atom is -0.478 e. The van der Waals surface area contributed by atoms with Crippen LogP contribution in [0.5, 0.6) is 5.88 Å². The van der Waals surface area contributed by atoms with Gasteiger partial charge in [0.25, 0.3) is 5.91 Å². The van der Waals surface area contributed by atoms with Crippen LogP contribution >= 0.6 is 0 Å². The van der Waals surface area contributed by atoms with Crippen molar-refractivity contribution < 1.29 is 18.4 Å². The SMILES string of the molecule is O=C(c1cc2n(n1)CCCO2)N1CCCC(Cc2nc(-c3ccccc3F)no2)C1. The number of likely N-dealkylation sites (tertiary alicyclic amines) is 1. The summed E-state index contributed by atoms with van der Waals surface area (Å²) in [7, 11) is 0. The van der Waals surface area contributed by atoms with Crippen molar-refractivity contribution in [2.75, 3.05) is 19.7 Å². The van der Waals surface area contributed by atoms with Crippen LogP contribution in [0.15, 0.2) is 34.9 Å². The summed E-state index contributed by atoms with van der Waals surface area (Å²) in [5.41, 5.74) is 0.742. The molecule has 3 aromatic rings. The number of hydrogen-bond donors (Lipinski definition) is 0. The largest absolute Gasteiger partial charge is 0.478 e. The fraction of sp³-hybridized carbons (Fsp3) is 0.429. The van der Waals surface area contributed by atoms with Gasteiger partial charge in [0.1, 0.15) is 5.82 Å². The standard InChI is InChI=1S/C21H22FN5O3/c22-16-7-2-1-6-15(16)20-23-18(30-25-20)11-14-5-3-8-26(13-14)21(28)17-12-19-27(24-17)9-4-10-29-19/h1-2,6-7,12,14H,3-5,8-11,13H2. The van der Waals surface area contributed by atoms with Crippen molar-refractivity contribution in [3.05, 3.63) is 47.7 Å². The molecule has 1 aromatic carbocycles. The molecular weight excluding hydrogens is 389 g/mol. The number of aromatic nitrogens is 4. The Balaban J connectivity index is 1.25. The van der Waals surface area contributed by atoms with E-state index in [4.69, 9.17) is 9.26 Å². The number of amides is 1. The zero-order chi connectivity index (χ0) is 20.5. The number of carbonyl (C=O) groups is 1. The Morgan fingerprint density at radius 3 is 3.00 bits per heavy atom. The molecule has 2 aliphatic heterocycles. The smallest absolute Gasteiger partial charge is 0.274 e. The summed E-state index contributed by atoms with van der Waals surface area (Å²) in [4.78, 5) is 19.1. The Bertz CT molecular complexity index is 1040. The van der Waals surface area contributed by atoms with E-state index in [1.54, 1.807) is 28.9 Å². The third-order valence-electron chi connectivity index (χ3n) is 5.58. The highest BCUT2D eigenvalue weighted by molar-refractivity contribution is 5.92. The number of ether oxygens (including phenoxy) is 1. The number of aryl methyl sites for hydroxylation is 1. The highest BCUT2D eigenvalue weighted by atomic mass is 19.1. The molecule has 5 rings (SSSR count). The van der Waals surface area contributed by atoms with Gasteiger partial charge in [-0.2, -0.15) is 10.1 Å². The normalized spacial score (nSPS) is 18.7. The van der Waals surface area contributed by atoms with Crippen LogP contribution in [0.3, 0.4) is 0 Å². The van der Waals surface area contributed by atoms with Crippen molar-refractivity contribution in [2.24, 2.45) is 5.92 Å². The molecule has 0 N–H and O–H groups in total. The van der Waals surface area contributed by atoms with Gasteiger partial charge in [0, 0.05) is 38.5 Å². The van der Waals surface area contributed by atoms with Crippen LogP contribution in [0.2, 0.25) is 0 Å². The van der Waals surface area contributed by atoms with Crippen molar-refractivity contribution in [3.8, 4) is 17.3 Å². The molecule has 9 heteroatoms. The van der Waals surface area contributed by atoms with Gasteiger partial charge in [-0.15, -0.1) is 0 Å². The van der Waals surface area contributed by atoms with E-state index >= 15 is 0 Å². The molecule has 0 aliphatic carbocycles. The van der Waals surface area contributed by atoms with Crippen LogP contribution in [-0.4, -0.2) is 50.4 Å². The van der Waals surface area contributed by atoms with Gasteiger partial charge in [-0.3, -0.25) is 4.79 Å². The predicted molar refractivity (Wildman–Crippen MR) is 104 cm³/mol. The molecule has 30 heavy (non-hydrogen) atoms. The van der Waals surface area contributed by atoms with Crippen molar-refractivity contribution in [2.45, 2.75) is 32.2 Å². The Hall–Kier alpha value is -3.23. The van der Waals surface area contributed by atoms with Gasteiger partial charge in [-0.25, -0.2) is 9.07 Å². The zero-order valence-electron chi connectivity index (χ0n) is 16.5. The molecule has 0 bridgehead atoms. The minimum absolute atomic E-state index is 0.0808. The van der Waals surface area contributed by atoms with Crippen molar-refractivity contribution in [1.29, 1.82) is 0 Å². The minimum atomic E-state index is -0.383. The van der Waals surface area contributed by atoms with Gasteiger partial charge in [0.05, 0.1) is 12.2 Å². The second-order valence-corrected chi connectivity index (χ2v) is 7.75. The molecule has 0 spiro atoms. The maximum absolute atomic E-state index is 13.9. The number of carbonyl (C=O) groups excluding carboxylic acids is 1. The molecule has 4 heterocycles. The van der Waals surface area contributed by atoms with E-state index in [0.29, 0.717) is 49.1 Å². The topological polar surface area (TPSA) is 86.3 Å². The first-order chi connectivity index (χ1) is 14.7. The van der Waals surface area contributed by atoms with E-state index in [-0.39, 0.29) is 23.5 Å². The van der Waals surface area contributed by atoms with E-state index < -0.39 is 0 Å². The molecule has 2 aromatic heterocycles. The van der Waals surface area contributed by atoms with E-state index in [1.807, 2.05) is 4.90 Å². The lowest BCUT2D eigenvalue weighted by Gasteiger charge is -2.31. The molecule has 1 unspecified atom stereocenters. The Morgan fingerprint density at radius 2 is 2.13 bits per heavy atom. The van der Waals surface area contributed by atoms with Gasteiger partial charge in [-0.05, 0) is 30.9 Å². The lowest BCUT2D eigenvalue weighted by atomic mass is 9.94. The highest BCUT2D eigenvalue weighted by Crippen LogP contribution is 2.25. The van der Waals surface area contributed by atoms with Crippen LogP contribution in [-0.2, 0) is 13.0 Å². The molecule has 1 amide bonds. The number of fused-ring (bicyclic) bond motifs is 1. The van der Waals surface area contributed by atoms with Crippen LogP contribution in [0, 0.1) is 11.7 Å². The Labute approximate surface area is 172 Å².